The minimum Gasteiger partial charge on any atom is -0.472 e. The van der Waals surface area contributed by atoms with E-state index >= 15 is 4.39 Å². The van der Waals surface area contributed by atoms with Gasteiger partial charge in [0.25, 0.3) is 0 Å². The highest BCUT2D eigenvalue weighted by molar-refractivity contribution is 6.30. The van der Waals surface area contributed by atoms with Gasteiger partial charge in [-0.05, 0) is 46.6 Å². The first-order valence-electron chi connectivity index (χ1n) is 12.2. The van der Waals surface area contributed by atoms with Gasteiger partial charge in [0, 0.05) is 11.9 Å². The van der Waals surface area contributed by atoms with Crippen molar-refractivity contribution in [3.63, 3.8) is 0 Å². The van der Waals surface area contributed by atoms with Gasteiger partial charge in [0.1, 0.15) is 17.5 Å². The maximum atomic E-state index is 15.4. The number of pyridine rings is 2. The number of carbonyl (C=O) groups excluding carboxylic acids is 2. The molecule has 0 aromatic carbocycles. The predicted octanol–water partition coefficient (Wildman–Crippen LogP) is 3.86. The van der Waals surface area contributed by atoms with Gasteiger partial charge in [-0.2, -0.15) is 4.98 Å². The number of amides is 1. The van der Waals surface area contributed by atoms with E-state index in [1.807, 2.05) is 18.7 Å². The fraction of sp³-hybridized carbons (Fsp3) is 0.600. The van der Waals surface area contributed by atoms with Crippen LogP contribution in [0.15, 0.2) is 0 Å². The second-order valence-corrected chi connectivity index (χ2v) is 10.7. The lowest BCUT2D eigenvalue weighted by molar-refractivity contribution is -0.0242. The summed E-state index contributed by atoms with van der Waals surface area (Å²) in [5.41, 5.74) is -0.581. The second kappa shape index (κ2) is 9.75. The standard InChI is InChI=1S/C25H32ClFN4O6/c1-8-14-19-12(3)36-22-16-15(17(27)20(26)29-22)11(2)18(23(33)35-7)28-21(16)30(19)9-13(10-32)31(14)24(34)37-25(4,5)6/h12-14,19,32H,8-10H2,1-7H3/t12-,13?,14-,19?/m0/s1. The fourth-order valence-corrected chi connectivity index (χ4v) is 5.50. The smallest absolute Gasteiger partial charge is 0.411 e. The highest BCUT2D eigenvalue weighted by atomic mass is 35.5. The van der Waals surface area contributed by atoms with Crippen molar-refractivity contribution in [1.29, 1.82) is 0 Å². The van der Waals surface area contributed by atoms with Crippen molar-refractivity contribution in [2.45, 2.75) is 77.8 Å². The van der Waals surface area contributed by atoms with Gasteiger partial charge in [-0.25, -0.2) is 19.0 Å². The molecular weight excluding hydrogens is 507 g/mol. The number of carbonyl (C=O) groups is 2. The van der Waals surface area contributed by atoms with Crippen LogP contribution in [0.4, 0.5) is 15.0 Å². The van der Waals surface area contributed by atoms with E-state index in [0.29, 0.717) is 6.42 Å². The predicted molar refractivity (Wildman–Crippen MR) is 135 cm³/mol. The molecule has 202 valence electrons. The van der Waals surface area contributed by atoms with Crippen LogP contribution in [0.25, 0.3) is 10.8 Å². The molecule has 0 radical (unpaired) electrons. The van der Waals surface area contributed by atoms with Crippen LogP contribution in [0.1, 0.15) is 57.1 Å². The summed E-state index contributed by atoms with van der Waals surface area (Å²) in [6.45, 7) is 10.4. The van der Waals surface area contributed by atoms with Gasteiger partial charge < -0.3 is 24.2 Å². The molecule has 0 aliphatic carbocycles. The van der Waals surface area contributed by atoms with E-state index in [0.717, 1.165) is 0 Å². The highest BCUT2D eigenvalue weighted by Crippen LogP contribution is 2.44. The third kappa shape index (κ3) is 4.52. The van der Waals surface area contributed by atoms with Gasteiger partial charge in [0.05, 0.1) is 37.2 Å². The molecule has 1 fully saturated rings. The summed E-state index contributed by atoms with van der Waals surface area (Å²) in [6.07, 6.45) is -0.637. The van der Waals surface area contributed by atoms with Gasteiger partial charge >= 0.3 is 12.1 Å². The lowest BCUT2D eigenvalue weighted by Crippen LogP contribution is -2.69. The van der Waals surface area contributed by atoms with Crippen molar-refractivity contribution in [2.24, 2.45) is 0 Å². The van der Waals surface area contributed by atoms with Crippen LogP contribution in [-0.4, -0.2) is 82.1 Å². The molecule has 2 aromatic rings. The molecule has 2 aromatic heterocycles. The number of aromatic nitrogens is 2. The molecule has 1 saturated heterocycles. The normalized spacial score (nSPS) is 23.3. The maximum absolute atomic E-state index is 15.4. The molecule has 0 saturated carbocycles. The Balaban J connectivity index is 1.98. The summed E-state index contributed by atoms with van der Waals surface area (Å²) in [7, 11) is 1.22. The molecule has 2 aliphatic rings. The SMILES string of the molecule is CC[C@H]1C2[C@H](C)Oc3nc(Cl)c(F)c4c(C)c(C(=O)OC)nc(c34)N2CC(CO)N1C(=O)OC(C)(C)C. The van der Waals surface area contributed by atoms with E-state index in [-0.39, 0.29) is 46.9 Å². The number of aliphatic hydroxyl groups is 1. The molecule has 4 atom stereocenters. The average molecular weight is 539 g/mol. The highest BCUT2D eigenvalue weighted by Gasteiger charge is 2.50. The van der Waals surface area contributed by atoms with E-state index in [1.54, 1.807) is 32.6 Å². The van der Waals surface area contributed by atoms with E-state index < -0.39 is 52.9 Å². The first-order valence-corrected chi connectivity index (χ1v) is 12.5. The van der Waals surface area contributed by atoms with Crippen molar-refractivity contribution in [3.05, 3.63) is 22.2 Å². The zero-order valence-corrected chi connectivity index (χ0v) is 22.7. The number of hydrogen-bond donors (Lipinski definition) is 1. The largest absolute Gasteiger partial charge is 0.472 e. The van der Waals surface area contributed by atoms with E-state index in [4.69, 9.17) is 25.8 Å². The van der Waals surface area contributed by atoms with Gasteiger partial charge in [0.2, 0.25) is 5.88 Å². The van der Waals surface area contributed by atoms with E-state index in [2.05, 4.69) is 9.97 Å². The number of aliphatic hydroxyl groups excluding tert-OH is 1. The number of fused-ring (bicyclic) bond motifs is 2. The number of rotatable bonds is 3. The molecule has 10 nitrogen and oxygen atoms in total. The number of halogens is 2. The van der Waals surface area contributed by atoms with Crippen molar-refractivity contribution in [3.8, 4) is 5.88 Å². The van der Waals surface area contributed by atoms with Crippen LogP contribution in [0.5, 0.6) is 5.88 Å². The number of nitrogens with zero attached hydrogens (tertiary/aromatic N) is 4. The number of anilines is 1. The Morgan fingerprint density at radius 3 is 2.51 bits per heavy atom. The fourth-order valence-electron chi connectivity index (χ4n) is 5.33. The molecule has 1 N–H and O–H groups in total. The van der Waals surface area contributed by atoms with Crippen molar-refractivity contribution in [2.75, 3.05) is 25.2 Å². The monoisotopic (exact) mass is 538 g/mol. The Kier molecular flexibility index (Phi) is 7.15. The van der Waals surface area contributed by atoms with E-state index in [9.17, 15) is 14.7 Å². The van der Waals surface area contributed by atoms with Crippen LogP contribution in [0.2, 0.25) is 5.15 Å². The Hall–Kier alpha value is -2.92. The molecule has 0 bridgehead atoms. The summed E-state index contributed by atoms with van der Waals surface area (Å²) in [6, 6.07) is -1.65. The van der Waals surface area contributed by atoms with Crippen molar-refractivity contribution >= 4 is 40.3 Å². The molecule has 37 heavy (non-hydrogen) atoms. The lowest BCUT2D eigenvalue weighted by Gasteiger charge is -2.52. The molecule has 12 heteroatoms. The average Bonchev–Trinajstić information content (AvgIpc) is 2.94. The van der Waals surface area contributed by atoms with Gasteiger partial charge in [-0.1, -0.05) is 18.5 Å². The molecule has 1 amide bonds. The molecule has 4 heterocycles. The molecule has 2 unspecified atom stereocenters. The number of ether oxygens (including phenoxy) is 3. The zero-order valence-electron chi connectivity index (χ0n) is 22.0. The van der Waals surface area contributed by atoms with Gasteiger partial charge in [-0.3, -0.25) is 4.90 Å². The van der Waals surface area contributed by atoms with Crippen molar-refractivity contribution < 1.29 is 33.3 Å². The number of esters is 1. The molecular formula is C25H32ClFN4O6. The van der Waals surface area contributed by atoms with Crippen LogP contribution in [0.3, 0.4) is 0 Å². The Morgan fingerprint density at radius 1 is 1.27 bits per heavy atom. The van der Waals surface area contributed by atoms with Crippen molar-refractivity contribution in [1.82, 2.24) is 14.9 Å². The van der Waals surface area contributed by atoms with Crippen LogP contribution in [0, 0.1) is 12.7 Å². The third-order valence-corrected chi connectivity index (χ3v) is 7.06. The van der Waals surface area contributed by atoms with Crippen LogP contribution < -0.4 is 9.64 Å². The number of aryl methyl sites for hydroxylation is 1. The van der Waals surface area contributed by atoms with Crippen LogP contribution in [-0.2, 0) is 9.47 Å². The second-order valence-electron chi connectivity index (χ2n) is 10.3. The summed E-state index contributed by atoms with van der Waals surface area (Å²) in [4.78, 5) is 38.2. The first kappa shape index (κ1) is 27.1. The summed E-state index contributed by atoms with van der Waals surface area (Å²) in [5, 5.41) is 10.3. The third-order valence-electron chi connectivity index (χ3n) is 6.81. The summed E-state index contributed by atoms with van der Waals surface area (Å²) >= 11 is 6.15. The Morgan fingerprint density at radius 2 is 1.95 bits per heavy atom. The molecule has 2 aliphatic heterocycles. The lowest BCUT2D eigenvalue weighted by atomic mass is 9.91. The van der Waals surface area contributed by atoms with Crippen LogP contribution >= 0.6 is 11.6 Å². The quantitative estimate of drug-likeness (QED) is 0.459. The summed E-state index contributed by atoms with van der Waals surface area (Å²) < 4.78 is 32.3. The molecule has 0 spiro atoms. The zero-order chi connectivity index (χ0) is 27.4. The topological polar surface area (TPSA) is 114 Å². The van der Waals surface area contributed by atoms with Gasteiger partial charge in [0.15, 0.2) is 16.7 Å². The number of piperazine rings is 1. The number of hydrogen-bond acceptors (Lipinski definition) is 9. The minimum atomic E-state index is -0.806. The maximum Gasteiger partial charge on any atom is 0.411 e. The number of methoxy groups -OCH3 is 1. The Labute approximate surface area is 219 Å². The summed E-state index contributed by atoms with van der Waals surface area (Å²) in [5.74, 6) is -1.23. The minimum absolute atomic E-state index is 0.0522. The molecule has 4 rings (SSSR count). The van der Waals surface area contributed by atoms with E-state index in [1.165, 1.54) is 7.11 Å². The first-order chi connectivity index (χ1) is 17.3. The Bertz CT molecular complexity index is 1250. The van der Waals surface area contributed by atoms with Gasteiger partial charge in [-0.15, -0.1) is 0 Å².